The van der Waals surface area contributed by atoms with Crippen molar-refractivity contribution < 1.29 is 24.6 Å². The molecule has 0 saturated carbocycles. The molecule has 0 aliphatic heterocycles. The van der Waals surface area contributed by atoms with E-state index in [0.29, 0.717) is 0 Å². The monoisotopic (exact) mass is 308 g/mol. The first-order valence-electron chi connectivity index (χ1n) is 6.82. The zero-order valence-electron chi connectivity index (χ0n) is 12.8. The van der Waals surface area contributed by atoms with E-state index in [4.69, 9.17) is 5.11 Å². The third-order valence-corrected chi connectivity index (χ3v) is 3.19. The molecule has 0 radical (unpaired) electrons. The minimum atomic E-state index is -1.16. The van der Waals surface area contributed by atoms with Crippen molar-refractivity contribution in [2.24, 2.45) is 0 Å². The van der Waals surface area contributed by atoms with E-state index in [2.05, 4.69) is 5.32 Å². The maximum Gasteiger partial charge on any atom is 0.326 e. The van der Waals surface area contributed by atoms with Gasteiger partial charge in [-0.1, -0.05) is 11.6 Å². The van der Waals surface area contributed by atoms with Gasteiger partial charge in [-0.3, -0.25) is 9.59 Å². The summed E-state index contributed by atoms with van der Waals surface area (Å²) in [5.74, 6) is -2.24. The highest BCUT2D eigenvalue weighted by Gasteiger charge is 2.27. The van der Waals surface area contributed by atoms with Gasteiger partial charge in [0.25, 0.3) is 5.91 Å². The van der Waals surface area contributed by atoms with Crippen LogP contribution < -0.4 is 5.32 Å². The van der Waals surface area contributed by atoms with Gasteiger partial charge in [0.1, 0.15) is 11.8 Å². The Morgan fingerprint density at radius 2 is 1.95 bits per heavy atom. The summed E-state index contributed by atoms with van der Waals surface area (Å²) in [7, 11) is 0. The van der Waals surface area contributed by atoms with Crippen molar-refractivity contribution >= 4 is 17.8 Å². The Hall–Kier alpha value is -2.57. The average molecular weight is 308 g/mol. The fraction of sp³-hybridized carbons (Fsp3) is 0.400. The van der Waals surface area contributed by atoms with E-state index in [0.717, 1.165) is 10.5 Å². The number of carboxylic acid groups (broad SMARTS) is 1. The zero-order valence-corrected chi connectivity index (χ0v) is 12.8. The molecule has 1 atom stereocenters. The number of aryl methyl sites for hydroxylation is 1. The molecule has 0 saturated heterocycles. The molecule has 0 heterocycles. The summed E-state index contributed by atoms with van der Waals surface area (Å²) in [5.41, 5.74) is 0.807. The van der Waals surface area contributed by atoms with Crippen LogP contribution in [-0.4, -0.2) is 52.0 Å². The predicted molar refractivity (Wildman–Crippen MR) is 79.7 cm³/mol. The number of hydrogen-bond donors (Lipinski definition) is 3. The SMILES string of the molecule is CC(=O)NCCN(C(=O)c1cc(C)ccc1O)C(C)C(=O)O. The van der Waals surface area contributed by atoms with Gasteiger partial charge in [0.2, 0.25) is 5.91 Å². The number of nitrogens with one attached hydrogen (secondary N) is 1. The molecule has 1 aromatic carbocycles. The molecule has 0 aliphatic rings. The maximum atomic E-state index is 12.5. The standard InChI is InChI=1S/C15H20N2O5/c1-9-4-5-13(19)12(8-9)14(20)17(10(2)15(21)22)7-6-16-11(3)18/h4-5,8,10,19H,6-7H2,1-3H3,(H,16,18)(H,21,22). The fourth-order valence-corrected chi connectivity index (χ4v) is 1.93. The minimum Gasteiger partial charge on any atom is -0.507 e. The van der Waals surface area contributed by atoms with Gasteiger partial charge in [0.05, 0.1) is 5.56 Å². The van der Waals surface area contributed by atoms with Gasteiger partial charge >= 0.3 is 5.97 Å². The Labute approximate surface area is 128 Å². The lowest BCUT2D eigenvalue weighted by Gasteiger charge is -2.27. The molecular weight excluding hydrogens is 288 g/mol. The van der Waals surface area contributed by atoms with Crippen molar-refractivity contribution in [3.8, 4) is 5.75 Å². The summed E-state index contributed by atoms with van der Waals surface area (Å²) in [6.45, 7) is 4.63. The van der Waals surface area contributed by atoms with Crippen LogP contribution >= 0.6 is 0 Å². The Kier molecular flexibility index (Phi) is 5.91. The summed E-state index contributed by atoms with van der Waals surface area (Å²) >= 11 is 0. The van der Waals surface area contributed by atoms with Crippen LogP contribution in [0.2, 0.25) is 0 Å². The van der Waals surface area contributed by atoms with Crippen LogP contribution in [0.1, 0.15) is 29.8 Å². The van der Waals surface area contributed by atoms with E-state index < -0.39 is 17.9 Å². The summed E-state index contributed by atoms with van der Waals surface area (Å²) in [4.78, 5) is 35.7. The number of nitrogens with zero attached hydrogens (tertiary/aromatic N) is 1. The molecule has 0 spiro atoms. The molecular formula is C15H20N2O5. The molecule has 0 aromatic heterocycles. The normalized spacial score (nSPS) is 11.6. The van der Waals surface area contributed by atoms with Gasteiger partial charge < -0.3 is 20.4 Å². The Bertz CT molecular complexity index is 585. The van der Waals surface area contributed by atoms with Crippen molar-refractivity contribution in [2.45, 2.75) is 26.8 Å². The van der Waals surface area contributed by atoms with E-state index in [1.54, 1.807) is 13.0 Å². The lowest BCUT2D eigenvalue weighted by atomic mass is 10.1. The highest BCUT2D eigenvalue weighted by Crippen LogP contribution is 2.21. The van der Waals surface area contributed by atoms with Crippen molar-refractivity contribution in [3.63, 3.8) is 0 Å². The third-order valence-electron chi connectivity index (χ3n) is 3.19. The van der Waals surface area contributed by atoms with Crippen LogP contribution in [-0.2, 0) is 9.59 Å². The number of aliphatic carboxylic acids is 1. The average Bonchev–Trinajstić information content (AvgIpc) is 2.44. The molecule has 22 heavy (non-hydrogen) atoms. The van der Waals surface area contributed by atoms with Gasteiger partial charge in [-0.2, -0.15) is 0 Å². The summed E-state index contributed by atoms with van der Waals surface area (Å²) < 4.78 is 0. The molecule has 0 bridgehead atoms. The van der Waals surface area contributed by atoms with E-state index in [1.807, 2.05) is 0 Å². The van der Waals surface area contributed by atoms with E-state index in [9.17, 15) is 19.5 Å². The number of aromatic hydroxyl groups is 1. The molecule has 3 N–H and O–H groups in total. The number of carbonyl (C=O) groups excluding carboxylic acids is 2. The maximum absolute atomic E-state index is 12.5. The van der Waals surface area contributed by atoms with Crippen molar-refractivity contribution in [1.29, 1.82) is 0 Å². The van der Waals surface area contributed by atoms with Crippen LogP contribution in [0.25, 0.3) is 0 Å². The number of benzene rings is 1. The lowest BCUT2D eigenvalue weighted by Crippen LogP contribution is -2.46. The molecule has 0 aliphatic carbocycles. The highest BCUT2D eigenvalue weighted by atomic mass is 16.4. The second-order valence-corrected chi connectivity index (χ2v) is 5.02. The smallest absolute Gasteiger partial charge is 0.326 e. The Balaban J connectivity index is 3.03. The topological polar surface area (TPSA) is 107 Å². The second-order valence-electron chi connectivity index (χ2n) is 5.02. The summed E-state index contributed by atoms with van der Waals surface area (Å²) in [6.07, 6.45) is 0. The van der Waals surface area contributed by atoms with Crippen LogP contribution in [0.15, 0.2) is 18.2 Å². The largest absolute Gasteiger partial charge is 0.507 e. The van der Waals surface area contributed by atoms with Gasteiger partial charge in [0, 0.05) is 20.0 Å². The lowest BCUT2D eigenvalue weighted by molar-refractivity contribution is -0.141. The van der Waals surface area contributed by atoms with Gasteiger partial charge in [-0.05, 0) is 26.0 Å². The van der Waals surface area contributed by atoms with Gasteiger partial charge in [0.15, 0.2) is 0 Å². The predicted octanol–water partition coefficient (Wildman–Crippen LogP) is 0.752. The first-order chi connectivity index (χ1) is 10.2. The van der Waals surface area contributed by atoms with Crippen molar-refractivity contribution in [1.82, 2.24) is 10.2 Å². The Morgan fingerprint density at radius 1 is 1.32 bits per heavy atom. The molecule has 1 rings (SSSR count). The van der Waals surface area contributed by atoms with Crippen LogP contribution in [0.5, 0.6) is 5.75 Å². The number of phenols is 1. The molecule has 120 valence electrons. The number of carboxylic acids is 1. The molecule has 7 heteroatoms. The third kappa shape index (κ3) is 4.47. The van der Waals surface area contributed by atoms with E-state index in [1.165, 1.54) is 26.0 Å². The Morgan fingerprint density at radius 3 is 2.50 bits per heavy atom. The van der Waals surface area contributed by atoms with Crippen molar-refractivity contribution in [3.05, 3.63) is 29.3 Å². The summed E-state index contributed by atoms with van der Waals surface area (Å²) in [6, 6.07) is 3.45. The highest BCUT2D eigenvalue weighted by molar-refractivity contribution is 5.99. The molecule has 7 nitrogen and oxygen atoms in total. The van der Waals surface area contributed by atoms with E-state index in [-0.39, 0.29) is 30.3 Å². The van der Waals surface area contributed by atoms with Crippen molar-refractivity contribution in [2.75, 3.05) is 13.1 Å². The number of phenolic OH excluding ortho intramolecular Hbond substituents is 1. The minimum absolute atomic E-state index is 0.0270. The zero-order chi connectivity index (χ0) is 16.9. The fourth-order valence-electron chi connectivity index (χ4n) is 1.93. The number of amides is 2. The van der Waals surface area contributed by atoms with Gasteiger partial charge in [-0.15, -0.1) is 0 Å². The summed E-state index contributed by atoms with van der Waals surface area (Å²) in [5, 5.41) is 21.5. The van der Waals surface area contributed by atoms with Crippen LogP contribution in [0.4, 0.5) is 0 Å². The van der Waals surface area contributed by atoms with Gasteiger partial charge in [-0.25, -0.2) is 4.79 Å². The quantitative estimate of drug-likeness (QED) is 0.719. The number of hydrogen-bond acceptors (Lipinski definition) is 4. The molecule has 1 unspecified atom stereocenters. The molecule has 1 aromatic rings. The van der Waals surface area contributed by atoms with E-state index >= 15 is 0 Å². The number of carbonyl (C=O) groups is 3. The first-order valence-corrected chi connectivity index (χ1v) is 6.82. The number of rotatable bonds is 6. The molecule has 0 fully saturated rings. The van der Waals surface area contributed by atoms with Crippen LogP contribution in [0, 0.1) is 6.92 Å². The molecule has 2 amide bonds. The van der Waals surface area contributed by atoms with Crippen LogP contribution in [0.3, 0.4) is 0 Å². The second kappa shape index (κ2) is 7.44. The first kappa shape index (κ1) is 17.5.